The summed E-state index contributed by atoms with van der Waals surface area (Å²) in [6.45, 7) is 9.03. The maximum atomic E-state index is 5.79. The summed E-state index contributed by atoms with van der Waals surface area (Å²) in [7, 11) is 0. The molecule has 0 aromatic heterocycles. The fourth-order valence-corrected chi connectivity index (χ4v) is 2.26. The molecule has 0 aromatic rings. The van der Waals surface area contributed by atoms with Crippen molar-refractivity contribution in [2.45, 2.75) is 45.7 Å². The molecule has 2 N–H and O–H groups in total. The molecule has 1 rings (SSSR count). The molecule has 72 valence electrons. The third kappa shape index (κ3) is 2.46. The van der Waals surface area contributed by atoms with Crippen molar-refractivity contribution in [1.29, 1.82) is 0 Å². The first kappa shape index (κ1) is 10.0. The Hall–Kier alpha value is -0.0800. The van der Waals surface area contributed by atoms with Crippen molar-refractivity contribution >= 4 is 0 Å². The SMILES string of the molecule is CCC1CC(C)CN1C[C@H](C)N. The van der Waals surface area contributed by atoms with E-state index < -0.39 is 0 Å². The van der Waals surface area contributed by atoms with Gasteiger partial charge in [-0.1, -0.05) is 13.8 Å². The van der Waals surface area contributed by atoms with E-state index in [2.05, 4.69) is 25.7 Å². The Kier molecular flexibility index (Phi) is 3.53. The summed E-state index contributed by atoms with van der Waals surface area (Å²) in [5.41, 5.74) is 5.79. The highest BCUT2D eigenvalue weighted by atomic mass is 15.2. The lowest BCUT2D eigenvalue weighted by molar-refractivity contribution is 0.235. The minimum absolute atomic E-state index is 0.323. The third-order valence-electron chi connectivity index (χ3n) is 2.73. The number of likely N-dealkylation sites (tertiary alicyclic amines) is 1. The second-order valence-electron chi connectivity index (χ2n) is 4.33. The lowest BCUT2D eigenvalue weighted by atomic mass is 10.1. The second-order valence-corrected chi connectivity index (χ2v) is 4.33. The van der Waals surface area contributed by atoms with Gasteiger partial charge in [-0.2, -0.15) is 0 Å². The molecule has 0 bridgehead atoms. The molecule has 1 aliphatic heterocycles. The molecule has 2 unspecified atom stereocenters. The van der Waals surface area contributed by atoms with Crippen molar-refractivity contribution in [3.05, 3.63) is 0 Å². The van der Waals surface area contributed by atoms with Gasteiger partial charge in [0.05, 0.1) is 0 Å². The quantitative estimate of drug-likeness (QED) is 0.694. The molecule has 0 aliphatic carbocycles. The topological polar surface area (TPSA) is 29.3 Å². The Morgan fingerprint density at radius 2 is 2.25 bits per heavy atom. The minimum atomic E-state index is 0.323. The van der Waals surface area contributed by atoms with E-state index in [9.17, 15) is 0 Å². The van der Waals surface area contributed by atoms with Gasteiger partial charge in [0, 0.05) is 25.2 Å². The van der Waals surface area contributed by atoms with Gasteiger partial charge >= 0.3 is 0 Å². The largest absolute Gasteiger partial charge is 0.327 e. The Bertz CT molecular complexity index is 134. The van der Waals surface area contributed by atoms with Crippen LogP contribution in [-0.2, 0) is 0 Å². The summed E-state index contributed by atoms with van der Waals surface area (Å²) in [6, 6.07) is 1.12. The maximum Gasteiger partial charge on any atom is 0.0139 e. The zero-order valence-electron chi connectivity index (χ0n) is 8.59. The van der Waals surface area contributed by atoms with E-state index in [4.69, 9.17) is 5.73 Å². The summed E-state index contributed by atoms with van der Waals surface area (Å²) >= 11 is 0. The highest BCUT2D eigenvalue weighted by Gasteiger charge is 2.27. The monoisotopic (exact) mass is 170 g/mol. The second kappa shape index (κ2) is 4.24. The predicted molar refractivity (Wildman–Crippen MR) is 53.1 cm³/mol. The van der Waals surface area contributed by atoms with E-state index in [1.807, 2.05) is 0 Å². The summed E-state index contributed by atoms with van der Waals surface area (Å²) in [6.07, 6.45) is 2.64. The van der Waals surface area contributed by atoms with Crippen LogP contribution in [0.3, 0.4) is 0 Å². The van der Waals surface area contributed by atoms with Crippen LogP contribution in [0.25, 0.3) is 0 Å². The third-order valence-corrected chi connectivity index (χ3v) is 2.73. The van der Waals surface area contributed by atoms with Crippen LogP contribution < -0.4 is 5.73 Å². The van der Waals surface area contributed by atoms with Gasteiger partial charge in [0.25, 0.3) is 0 Å². The highest BCUT2D eigenvalue weighted by molar-refractivity contribution is 4.83. The lowest BCUT2D eigenvalue weighted by Gasteiger charge is -2.24. The number of nitrogens with zero attached hydrogens (tertiary/aromatic N) is 1. The molecule has 0 aromatic carbocycles. The van der Waals surface area contributed by atoms with Gasteiger partial charge in [-0.25, -0.2) is 0 Å². The average Bonchev–Trinajstić information content (AvgIpc) is 2.29. The van der Waals surface area contributed by atoms with E-state index >= 15 is 0 Å². The van der Waals surface area contributed by atoms with Gasteiger partial charge in [-0.3, -0.25) is 4.90 Å². The van der Waals surface area contributed by atoms with E-state index in [-0.39, 0.29) is 0 Å². The van der Waals surface area contributed by atoms with Crippen molar-refractivity contribution < 1.29 is 0 Å². The van der Waals surface area contributed by atoms with Gasteiger partial charge < -0.3 is 5.73 Å². The minimum Gasteiger partial charge on any atom is -0.327 e. The van der Waals surface area contributed by atoms with Crippen molar-refractivity contribution in [2.75, 3.05) is 13.1 Å². The molecule has 1 heterocycles. The van der Waals surface area contributed by atoms with Crippen LogP contribution in [0.5, 0.6) is 0 Å². The normalized spacial score (nSPS) is 34.0. The van der Waals surface area contributed by atoms with Gasteiger partial charge in [0.15, 0.2) is 0 Å². The van der Waals surface area contributed by atoms with Crippen LogP contribution in [-0.4, -0.2) is 30.1 Å². The molecule has 0 spiro atoms. The van der Waals surface area contributed by atoms with E-state index in [0.29, 0.717) is 6.04 Å². The Morgan fingerprint density at radius 3 is 2.75 bits per heavy atom. The molecule has 1 fully saturated rings. The summed E-state index contributed by atoms with van der Waals surface area (Å²) < 4.78 is 0. The van der Waals surface area contributed by atoms with Crippen LogP contribution in [0, 0.1) is 5.92 Å². The first-order chi connectivity index (χ1) is 5.63. The van der Waals surface area contributed by atoms with Crippen molar-refractivity contribution in [3.8, 4) is 0 Å². The summed E-state index contributed by atoms with van der Waals surface area (Å²) in [5, 5.41) is 0. The van der Waals surface area contributed by atoms with Crippen molar-refractivity contribution in [2.24, 2.45) is 11.7 Å². The Labute approximate surface area is 76.1 Å². The molecule has 12 heavy (non-hydrogen) atoms. The fraction of sp³-hybridized carbons (Fsp3) is 1.00. The first-order valence-corrected chi connectivity index (χ1v) is 5.13. The van der Waals surface area contributed by atoms with Crippen LogP contribution >= 0.6 is 0 Å². The van der Waals surface area contributed by atoms with Crippen LogP contribution in [0.2, 0.25) is 0 Å². The van der Waals surface area contributed by atoms with Crippen molar-refractivity contribution in [1.82, 2.24) is 4.90 Å². The van der Waals surface area contributed by atoms with Crippen LogP contribution in [0.1, 0.15) is 33.6 Å². The van der Waals surface area contributed by atoms with Crippen LogP contribution in [0.15, 0.2) is 0 Å². The number of nitrogens with two attached hydrogens (primary N) is 1. The van der Waals surface area contributed by atoms with E-state index in [1.54, 1.807) is 0 Å². The van der Waals surface area contributed by atoms with Gasteiger partial charge in [0.2, 0.25) is 0 Å². The molecule has 1 aliphatic rings. The first-order valence-electron chi connectivity index (χ1n) is 5.13. The maximum absolute atomic E-state index is 5.79. The molecule has 0 saturated carbocycles. The van der Waals surface area contributed by atoms with Crippen molar-refractivity contribution in [3.63, 3.8) is 0 Å². The fourth-order valence-electron chi connectivity index (χ4n) is 2.26. The van der Waals surface area contributed by atoms with Gasteiger partial charge in [-0.15, -0.1) is 0 Å². The van der Waals surface area contributed by atoms with E-state index in [1.165, 1.54) is 19.4 Å². The zero-order chi connectivity index (χ0) is 9.14. The molecule has 3 atom stereocenters. The summed E-state index contributed by atoms with van der Waals surface area (Å²) in [5.74, 6) is 0.869. The predicted octanol–water partition coefficient (Wildman–Crippen LogP) is 1.45. The van der Waals surface area contributed by atoms with Gasteiger partial charge in [-0.05, 0) is 25.7 Å². The molecule has 2 nitrogen and oxygen atoms in total. The van der Waals surface area contributed by atoms with E-state index in [0.717, 1.165) is 18.5 Å². The summed E-state index contributed by atoms with van der Waals surface area (Å²) in [4.78, 5) is 2.55. The molecule has 1 saturated heterocycles. The smallest absolute Gasteiger partial charge is 0.0139 e. The average molecular weight is 170 g/mol. The molecular formula is C10H22N2. The zero-order valence-corrected chi connectivity index (χ0v) is 8.59. The van der Waals surface area contributed by atoms with Crippen LogP contribution in [0.4, 0.5) is 0 Å². The van der Waals surface area contributed by atoms with Gasteiger partial charge in [0.1, 0.15) is 0 Å². The number of hydrogen-bond donors (Lipinski definition) is 1. The Balaban J connectivity index is 2.40. The lowest BCUT2D eigenvalue weighted by Crippen LogP contribution is -2.38. The standard InChI is InChI=1S/C10H22N2/c1-4-10-5-8(2)6-12(10)7-9(3)11/h8-10H,4-7,11H2,1-3H3/t8?,9-,10?/m0/s1. The Morgan fingerprint density at radius 1 is 1.58 bits per heavy atom. The molecular weight excluding hydrogens is 148 g/mol. The number of hydrogen-bond acceptors (Lipinski definition) is 2. The number of rotatable bonds is 3. The highest BCUT2D eigenvalue weighted by Crippen LogP contribution is 2.24. The molecule has 0 radical (unpaired) electrons. The molecule has 0 amide bonds. The molecule has 2 heteroatoms.